The molecule has 150 valence electrons. The maximum absolute atomic E-state index is 12.8. The molecule has 1 N–H and O–H groups in total. The third-order valence-electron chi connectivity index (χ3n) is 5.25. The predicted octanol–water partition coefficient (Wildman–Crippen LogP) is 2.62. The van der Waals surface area contributed by atoms with E-state index in [1.165, 1.54) is 4.57 Å². The summed E-state index contributed by atoms with van der Waals surface area (Å²) >= 11 is 3.45. The molecule has 2 aromatic heterocycles. The molecule has 1 atom stereocenters. The molecule has 1 fully saturated rings. The van der Waals surface area contributed by atoms with Crippen LogP contribution in [0.2, 0.25) is 0 Å². The number of nitrogens with one attached hydrogen (secondary N) is 1. The van der Waals surface area contributed by atoms with Crippen LogP contribution >= 0.6 is 15.9 Å². The highest BCUT2D eigenvalue weighted by atomic mass is 79.9. The largest absolute Gasteiger partial charge is 0.352 e. The van der Waals surface area contributed by atoms with Gasteiger partial charge in [0, 0.05) is 37.4 Å². The van der Waals surface area contributed by atoms with E-state index in [-0.39, 0.29) is 17.4 Å². The van der Waals surface area contributed by atoms with Gasteiger partial charge in [0.05, 0.1) is 5.92 Å². The lowest BCUT2D eigenvalue weighted by Crippen LogP contribution is -2.45. The molecule has 1 saturated heterocycles. The van der Waals surface area contributed by atoms with Crippen LogP contribution in [0.15, 0.2) is 51.9 Å². The lowest BCUT2D eigenvalue weighted by atomic mass is 9.97. The van der Waals surface area contributed by atoms with Crippen LogP contribution in [0.3, 0.4) is 0 Å². The fraction of sp³-hybridized carbons (Fsp3) is 0.333. The van der Waals surface area contributed by atoms with E-state index in [0.717, 1.165) is 22.9 Å². The van der Waals surface area contributed by atoms with Crippen LogP contribution < -0.4 is 15.8 Å². The van der Waals surface area contributed by atoms with E-state index in [4.69, 9.17) is 0 Å². The van der Waals surface area contributed by atoms with Crippen LogP contribution in [0.25, 0.3) is 11.2 Å². The number of anilines is 1. The highest BCUT2D eigenvalue weighted by Crippen LogP contribution is 2.21. The average Bonchev–Trinajstić information content (AvgIpc) is 2.75. The Labute approximate surface area is 176 Å². The Morgan fingerprint density at radius 3 is 3.00 bits per heavy atom. The third kappa shape index (κ3) is 4.17. The first-order chi connectivity index (χ1) is 14.0. The predicted molar refractivity (Wildman–Crippen MR) is 116 cm³/mol. The Kier molecular flexibility index (Phi) is 5.62. The van der Waals surface area contributed by atoms with Crippen molar-refractivity contribution in [1.82, 2.24) is 19.9 Å². The molecule has 0 spiro atoms. The minimum absolute atomic E-state index is 0.00829. The lowest BCUT2D eigenvalue weighted by Gasteiger charge is -2.32. The third-order valence-corrected chi connectivity index (χ3v) is 5.75. The van der Waals surface area contributed by atoms with Gasteiger partial charge >= 0.3 is 0 Å². The van der Waals surface area contributed by atoms with E-state index in [9.17, 15) is 9.59 Å². The van der Waals surface area contributed by atoms with E-state index in [1.807, 2.05) is 35.2 Å². The topological polar surface area (TPSA) is 80.1 Å². The minimum atomic E-state index is -0.189. The average molecular weight is 456 g/mol. The van der Waals surface area contributed by atoms with Crippen LogP contribution in [-0.2, 0) is 18.4 Å². The summed E-state index contributed by atoms with van der Waals surface area (Å²) < 4.78 is 2.51. The summed E-state index contributed by atoms with van der Waals surface area (Å²) in [6, 6.07) is 11.5. The first-order valence-corrected chi connectivity index (χ1v) is 10.4. The maximum Gasteiger partial charge on any atom is 0.294 e. The second-order valence-electron chi connectivity index (χ2n) is 7.28. The molecule has 7 nitrogen and oxygen atoms in total. The van der Waals surface area contributed by atoms with Crippen molar-refractivity contribution in [2.75, 3.05) is 18.0 Å². The zero-order valence-electron chi connectivity index (χ0n) is 16.1. The normalized spacial score (nSPS) is 16.8. The van der Waals surface area contributed by atoms with Crippen molar-refractivity contribution in [2.45, 2.75) is 19.4 Å². The van der Waals surface area contributed by atoms with Gasteiger partial charge in [0.1, 0.15) is 5.52 Å². The molecule has 1 aromatic carbocycles. The second kappa shape index (κ2) is 8.32. The Bertz CT molecular complexity index is 1110. The summed E-state index contributed by atoms with van der Waals surface area (Å²) in [5.74, 6) is 0.221. The molecule has 0 saturated carbocycles. The SMILES string of the molecule is Cn1c(=O)c(N2CCC[C@H](C(=O)NCc3cccc(Br)c3)C2)nc2cccnc21. The highest BCUT2D eigenvalue weighted by molar-refractivity contribution is 9.10. The number of carbonyl (C=O) groups excluding carboxylic acids is 1. The van der Waals surface area contributed by atoms with Gasteiger partial charge in [-0.15, -0.1) is 0 Å². The number of amides is 1. The number of halogens is 1. The molecule has 1 aliphatic rings. The summed E-state index contributed by atoms with van der Waals surface area (Å²) in [6.45, 7) is 1.68. The lowest BCUT2D eigenvalue weighted by molar-refractivity contribution is -0.125. The van der Waals surface area contributed by atoms with Crippen molar-refractivity contribution in [1.29, 1.82) is 0 Å². The Morgan fingerprint density at radius 1 is 1.31 bits per heavy atom. The molecule has 3 heterocycles. The quantitative estimate of drug-likeness (QED) is 0.653. The number of nitrogens with zero attached hydrogens (tertiary/aromatic N) is 4. The number of aromatic nitrogens is 3. The van der Waals surface area contributed by atoms with Gasteiger partial charge in [0.2, 0.25) is 5.91 Å². The molecule has 1 aliphatic heterocycles. The van der Waals surface area contributed by atoms with Gasteiger partial charge < -0.3 is 10.2 Å². The van der Waals surface area contributed by atoms with Crippen molar-refractivity contribution in [3.63, 3.8) is 0 Å². The summed E-state index contributed by atoms with van der Waals surface area (Å²) in [7, 11) is 1.70. The monoisotopic (exact) mass is 455 g/mol. The first-order valence-electron chi connectivity index (χ1n) is 9.62. The smallest absolute Gasteiger partial charge is 0.294 e. The van der Waals surface area contributed by atoms with Gasteiger partial charge in [-0.3, -0.25) is 14.2 Å². The zero-order valence-corrected chi connectivity index (χ0v) is 17.7. The van der Waals surface area contributed by atoms with E-state index in [2.05, 4.69) is 31.2 Å². The summed E-state index contributed by atoms with van der Waals surface area (Å²) in [6.07, 6.45) is 3.29. The number of pyridine rings is 1. The van der Waals surface area contributed by atoms with Crippen LogP contribution in [0.5, 0.6) is 0 Å². The van der Waals surface area contributed by atoms with Gasteiger partial charge in [-0.25, -0.2) is 9.97 Å². The van der Waals surface area contributed by atoms with Crippen LogP contribution in [-0.4, -0.2) is 33.5 Å². The zero-order chi connectivity index (χ0) is 20.4. The molecule has 8 heteroatoms. The molecule has 0 aliphatic carbocycles. The number of aryl methyl sites for hydroxylation is 1. The molecule has 0 radical (unpaired) electrons. The van der Waals surface area contributed by atoms with Gasteiger partial charge in [-0.05, 0) is 42.7 Å². The number of benzene rings is 1. The number of hydrogen-bond acceptors (Lipinski definition) is 5. The summed E-state index contributed by atoms with van der Waals surface area (Å²) in [4.78, 5) is 36.3. The summed E-state index contributed by atoms with van der Waals surface area (Å²) in [5.41, 5.74) is 2.08. The Balaban J connectivity index is 1.50. The standard InChI is InChI=1S/C21H22BrN5O2/c1-26-18-17(8-3-9-23-18)25-19(21(26)29)27-10-4-6-15(13-27)20(28)24-12-14-5-2-7-16(22)11-14/h2-3,5,7-9,11,15H,4,6,10,12-13H2,1H3,(H,24,28)/t15-/m0/s1. The second-order valence-corrected chi connectivity index (χ2v) is 8.19. The minimum Gasteiger partial charge on any atom is -0.352 e. The van der Waals surface area contributed by atoms with Crippen molar-refractivity contribution < 1.29 is 4.79 Å². The molecular weight excluding hydrogens is 434 g/mol. The van der Waals surface area contributed by atoms with Crippen molar-refractivity contribution in [3.05, 3.63) is 63.0 Å². The fourth-order valence-electron chi connectivity index (χ4n) is 3.71. The highest BCUT2D eigenvalue weighted by Gasteiger charge is 2.28. The number of carbonyl (C=O) groups is 1. The van der Waals surface area contributed by atoms with Gasteiger partial charge in [0.15, 0.2) is 11.5 Å². The number of rotatable bonds is 4. The van der Waals surface area contributed by atoms with Crippen molar-refractivity contribution in [3.8, 4) is 0 Å². The molecule has 0 unspecified atom stereocenters. The van der Waals surface area contributed by atoms with Crippen molar-refractivity contribution >= 4 is 38.8 Å². The van der Waals surface area contributed by atoms with Gasteiger partial charge in [-0.1, -0.05) is 28.1 Å². The number of hydrogen-bond donors (Lipinski definition) is 1. The first kappa shape index (κ1) is 19.6. The Hall–Kier alpha value is -2.74. The molecule has 29 heavy (non-hydrogen) atoms. The molecular formula is C21H22BrN5O2. The fourth-order valence-corrected chi connectivity index (χ4v) is 4.16. The van der Waals surface area contributed by atoms with E-state index < -0.39 is 0 Å². The number of fused-ring (bicyclic) bond motifs is 1. The maximum atomic E-state index is 12.8. The van der Waals surface area contributed by atoms with Crippen LogP contribution in [0, 0.1) is 5.92 Å². The molecule has 0 bridgehead atoms. The molecule has 4 rings (SSSR count). The van der Waals surface area contributed by atoms with E-state index in [1.54, 1.807) is 19.3 Å². The van der Waals surface area contributed by atoms with Crippen LogP contribution in [0.1, 0.15) is 18.4 Å². The van der Waals surface area contributed by atoms with Crippen molar-refractivity contribution in [2.24, 2.45) is 13.0 Å². The van der Waals surface area contributed by atoms with Crippen LogP contribution in [0.4, 0.5) is 5.82 Å². The van der Waals surface area contributed by atoms with Gasteiger partial charge in [-0.2, -0.15) is 0 Å². The molecule has 1 amide bonds. The summed E-state index contributed by atoms with van der Waals surface area (Å²) in [5, 5.41) is 3.02. The molecule has 3 aromatic rings. The van der Waals surface area contributed by atoms with Gasteiger partial charge in [0.25, 0.3) is 5.56 Å². The number of piperidine rings is 1. The van der Waals surface area contributed by atoms with E-state index in [0.29, 0.717) is 36.6 Å². The van der Waals surface area contributed by atoms with E-state index >= 15 is 0 Å². The Morgan fingerprint density at radius 2 is 2.17 bits per heavy atom.